The highest BCUT2D eigenvalue weighted by atomic mass is 32.1. The van der Waals surface area contributed by atoms with Gasteiger partial charge in [-0.15, -0.1) is 11.3 Å². The van der Waals surface area contributed by atoms with Crippen molar-refractivity contribution < 1.29 is 4.74 Å². The molecule has 0 radical (unpaired) electrons. The highest BCUT2D eigenvalue weighted by molar-refractivity contribution is 7.16. The van der Waals surface area contributed by atoms with Gasteiger partial charge in [-0.2, -0.15) is 0 Å². The number of hydrogen-bond donors (Lipinski definition) is 2. The van der Waals surface area contributed by atoms with Crippen molar-refractivity contribution >= 4 is 27.2 Å². The van der Waals surface area contributed by atoms with E-state index >= 15 is 0 Å². The Hall–Kier alpha value is -1.33. The standard InChI is InChI=1S/C10H13N3OS/c1-14-7-4-8(12-3-2-11)10-9(5-7)15-6-13-10/h4-6,12H,2-3,11H2,1H3. The summed E-state index contributed by atoms with van der Waals surface area (Å²) in [6, 6.07) is 3.93. The van der Waals surface area contributed by atoms with Gasteiger partial charge in [0.1, 0.15) is 11.3 Å². The smallest absolute Gasteiger partial charge is 0.122 e. The van der Waals surface area contributed by atoms with Crippen LogP contribution in [-0.4, -0.2) is 25.2 Å². The topological polar surface area (TPSA) is 60.2 Å². The molecular formula is C10H13N3OS. The third-order valence-corrected chi connectivity index (χ3v) is 2.88. The molecule has 0 saturated heterocycles. The van der Waals surface area contributed by atoms with Crippen molar-refractivity contribution in [2.75, 3.05) is 25.5 Å². The van der Waals surface area contributed by atoms with Crippen molar-refractivity contribution in [3.05, 3.63) is 17.6 Å². The highest BCUT2D eigenvalue weighted by Gasteiger charge is 2.06. The number of ether oxygens (including phenoxy) is 1. The van der Waals surface area contributed by atoms with Gasteiger partial charge >= 0.3 is 0 Å². The molecule has 0 atom stereocenters. The molecule has 0 fully saturated rings. The minimum Gasteiger partial charge on any atom is -0.497 e. The van der Waals surface area contributed by atoms with E-state index in [2.05, 4.69) is 10.3 Å². The van der Waals surface area contributed by atoms with Crippen molar-refractivity contribution in [1.82, 2.24) is 4.98 Å². The molecule has 2 rings (SSSR count). The van der Waals surface area contributed by atoms with Gasteiger partial charge < -0.3 is 15.8 Å². The molecule has 80 valence electrons. The van der Waals surface area contributed by atoms with Crippen molar-refractivity contribution in [1.29, 1.82) is 0 Å². The third kappa shape index (κ3) is 2.03. The van der Waals surface area contributed by atoms with Crippen LogP contribution in [0.5, 0.6) is 5.75 Å². The number of hydrogen-bond acceptors (Lipinski definition) is 5. The van der Waals surface area contributed by atoms with Gasteiger partial charge in [0.2, 0.25) is 0 Å². The van der Waals surface area contributed by atoms with Gasteiger partial charge in [0.05, 0.1) is 23.0 Å². The van der Waals surface area contributed by atoms with Crippen LogP contribution in [0.2, 0.25) is 0 Å². The average molecular weight is 223 g/mol. The molecule has 1 aromatic carbocycles. The number of methoxy groups -OCH3 is 1. The Bertz CT molecular complexity index is 455. The maximum Gasteiger partial charge on any atom is 0.122 e. The molecule has 0 spiro atoms. The Kier molecular flexibility index (Phi) is 3.03. The second-order valence-electron chi connectivity index (χ2n) is 3.09. The van der Waals surface area contributed by atoms with E-state index in [1.165, 1.54) is 0 Å². The molecule has 1 heterocycles. The number of fused-ring (bicyclic) bond motifs is 1. The van der Waals surface area contributed by atoms with Gasteiger partial charge in [-0.1, -0.05) is 0 Å². The van der Waals surface area contributed by atoms with E-state index in [1.807, 2.05) is 17.6 Å². The Labute approximate surface area is 92.1 Å². The number of aromatic nitrogens is 1. The lowest BCUT2D eigenvalue weighted by atomic mass is 10.2. The fraction of sp³-hybridized carbons (Fsp3) is 0.300. The third-order valence-electron chi connectivity index (χ3n) is 2.11. The Morgan fingerprint density at radius 1 is 1.53 bits per heavy atom. The van der Waals surface area contributed by atoms with Crippen LogP contribution in [0, 0.1) is 0 Å². The summed E-state index contributed by atoms with van der Waals surface area (Å²) in [6.45, 7) is 1.34. The minimum absolute atomic E-state index is 0.600. The second kappa shape index (κ2) is 4.46. The summed E-state index contributed by atoms with van der Waals surface area (Å²) in [5.74, 6) is 0.839. The first kappa shape index (κ1) is 10.2. The molecule has 0 aliphatic carbocycles. The van der Waals surface area contributed by atoms with E-state index in [0.717, 1.165) is 28.2 Å². The van der Waals surface area contributed by atoms with Crippen molar-refractivity contribution in [2.45, 2.75) is 0 Å². The van der Waals surface area contributed by atoms with Crippen LogP contribution in [0.3, 0.4) is 0 Å². The monoisotopic (exact) mass is 223 g/mol. The minimum atomic E-state index is 0.600. The van der Waals surface area contributed by atoms with E-state index in [-0.39, 0.29) is 0 Å². The van der Waals surface area contributed by atoms with Crippen LogP contribution in [0.15, 0.2) is 17.6 Å². The Balaban J connectivity index is 2.43. The Morgan fingerprint density at radius 3 is 3.13 bits per heavy atom. The van der Waals surface area contributed by atoms with Crippen LogP contribution in [0.4, 0.5) is 5.69 Å². The summed E-state index contributed by atoms with van der Waals surface area (Å²) in [6.07, 6.45) is 0. The van der Waals surface area contributed by atoms with E-state index in [4.69, 9.17) is 10.5 Å². The predicted molar refractivity (Wildman–Crippen MR) is 63.7 cm³/mol. The lowest BCUT2D eigenvalue weighted by molar-refractivity contribution is 0.415. The summed E-state index contributed by atoms with van der Waals surface area (Å²) in [4.78, 5) is 4.31. The first-order valence-electron chi connectivity index (χ1n) is 4.70. The number of nitrogens with two attached hydrogens (primary N) is 1. The molecule has 5 heteroatoms. The fourth-order valence-corrected chi connectivity index (χ4v) is 2.13. The quantitative estimate of drug-likeness (QED) is 0.827. The lowest BCUT2D eigenvalue weighted by Gasteiger charge is -2.07. The number of anilines is 1. The first-order valence-corrected chi connectivity index (χ1v) is 5.58. The molecule has 0 aliphatic rings. The van der Waals surface area contributed by atoms with Crippen LogP contribution in [-0.2, 0) is 0 Å². The van der Waals surface area contributed by atoms with E-state index < -0.39 is 0 Å². The molecule has 0 aliphatic heterocycles. The molecule has 1 aromatic heterocycles. The highest BCUT2D eigenvalue weighted by Crippen LogP contribution is 2.30. The zero-order chi connectivity index (χ0) is 10.7. The second-order valence-corrected chi connectivity index (χ2v) is 3.98. The van der Waals surface area contributed by atoms with Gasteiger partial charge in [-0.05, 0) is 6.07 Å². The zero-order valence-electron chi connectivity index (χ0n) is 8.49. The SMILES string of the molecule is COc1cc(NCCN)c2ncsc2c1. The number of nitrogens with zero attached hydrogens (tertiary/aromatic N) is 1. The summed E-state index contributed by atoms with van der Waals surface area (Å²) < 4.78 is 6.34. The van der Waals surface area contributed by atoms with E-state index in [9.17, 15) is 0 Å². The number of thiazole rings is 1. The van der Waals surface area contributed by atoms with Crippen LogP contribution in [0.1, 0.15) is 0 Å². The lowest BCUT2D eigenvalue weighted by Crippen LogP contribution is -2.13. The molecule has 4 nitrogen and oxygen atoms in total. The fourth-order valence-electron chi connectivity index (χ4n) is 1.40. The van der Waals surface area contributed by atoms with E-state index in [0.29, 0.717) is 6.54 Å². The molecule has 0 amide bonds. The van der Waals surface area contributed by atoms with Crippen molar-refractivity contribution in [2.24, 2.45) is 5.73 Å². The normalized spacial score (nSPS) is 10.5. The molecular weight excluding hydrogens is 210 g/mol. The average Bonchev–Trinajstić information content (AvgIpc) is 2.73. The summed E-state index contributed by atoms with van der Waals surface area (Å²) in [5, 5.41) is 3.24. The summed E-state index contributed by atoms with van der Waals surface area (Å²) in [7, 11) is 1.66. The van der Waals surface area contributed by atoms with Gasteiger partial charge in [-0.3, -0.25) is 0 Å². The maximum absolute atomic E-state index is 5.45. The first-order chi connectivity index (χ1) is 7.35. The largest absolute Gasteiger partial charge is 0.497 e. The molecule has 2 aromatic rings. The van der Waals surface area contributed by atoms with Crippen molar-refractivity contribution in [3.8, 4) is 5.75 Å². The van der Waals surface area contributed by atoms with Gasteiger partial charge in [0, 0.05) is 19.2 Å². The molecule has 0 unspecified atom stereocenters. The predicted octanol–water partition coefficient (Wildman–Crippen LogP) is 1.68. The molecule has 0 saturated carbocycles. The molecule has 0 bridgehead atoms. The summed E-state index contributed by atoms with van der Waals surface area (Å²) >= 11 is 1.60. The van der Waals surface area contributed by atoms with Gasteiger partial charge in [0.25, 0.3) is 0 Å². The number of rotatable bonds is 4. The zero-order valence-corrected chi connectivity index (χ0v) is 9.30. The molecule has 3 N–H and O–H groups in total. The Morgan fingerprint density at radius 2 is 2.40 bits per heavy atom. The number of benzene rings is 1. The van der Waals surface area contributed by atoms with Crippen LogP contribution >= 0.6 is 11.3 Å². The molecule has 15 heavy (non-hydrogen) atoms. The van der Waals surface area contributed by atoms with Gasteiger partial charge in [0.15, 0.2) is 0 Å². The van der Waals surface area contributed by atoms with Crippen LogP contribution in [0.25, 0.3) is 10.2 Å². The summed E-state index contributed by atoms with van der Waals surface area (Å²) in [5.41, 5.74) is 9.25. The van der Waals surface area contributed by atoms with Crippen molar-refractivity contribution in [3.63, 3.8) is 0 Å². The maximum atomic E-state index is 5.45. The van der Waals surface area contributed by atoms with Gasteiger partial charge in [-0.25, -0.2) is 4.98 Å². The number of nitrogens with one attached hydrogen (secondary N) is 1. The van der Waals surface area contributed by atoms with E-state index in [1.54, 1.807) is 18.4 Å². The van der Waals surface area contributed by atoms with Crippen LogP contribution < -0.4 is 15.8 Å².